The Bertz CT molecular complexity index is 1560. The molecule has 4 N–H and O–H groups in total. The number of ether oxygens (including phenoxy) is 2. The third kappa shape index (κ3) is 13.3. The van der Waals surface area contributed by atoms with Gasteiger partial charge in [-0.05, 0) is 49.6 Å². The van der Waals surface area contributed by atoms with Crippen LogP contribution in [0.4, 0.5) is 10.5 Å². The third-order valence-electron chi connectivity index (χ3n) is 6.58. The highest BCUT2D eigenvalue weighted by molar-refractivity contribution is 5.93. The molecular formula is C34H39N5O9. The standard InChI is InChI=1S/C34H39N5O9/c1-34(2,3)48-33(44)36-20-29(40)35-21-30(41)37-27(18-23-10-6-4-7-11-23)31(42)38-28(19-24-12-8-5-9-13-24)32(43)47-22-25-14-16-26(17-15-25)39(45)46/h4-17,27-28H,18-22H2,1-3H3,(H,35,40)(H,36,44)(H,37,41)(H,38,42)/t27-,28-/m1/s1. The summed E-state index contributed by atoms with van der Waals surface area (Å²) in [7, 11) is 0. The molecule has 48 heavy (non-hydrogen) atoms. The number of rotatable bonds is 15. The first-order valence-electron chi connectivity index (χ1n) is 15.1. The molecule has 2 atom stereocenters. The van der Waals surface area contributed by atoms with Crippen molar-refractivity contribution in [2.45, 2.75) is 57.9 Å². The minimum atomic E-state index is -1.15. The van der Waals surface area contributed by atoms with Crippen molar-refractivity contribution in [2.75, 3.05) is 13.1 Å². The Morgan fingerprint density at radius 3 is 1.79 bits per heavy atom. The van der Waals surface area contributed by atoms with E-state index in [0.29, 0.717) is 5.56 Å². The van der Waals surface area contributed by atoms with Crippen molar-refractivity contribution in [3.63, 3.8) is 0 Å². The van der Waals surface area contributed by atoms with Crippen molar-refractivity contribution in [3.05, 3.63) is 112 Å². The van der Waals surface area contributed by atoms with Gasteiger partial charge < -0.3 is 30.7 Å². The van der Waals surface area contributed by atoms with Crippen LogP contribution in [0, 0.1) is 10.1 Å². The van der Waals surface area contributed by atoms with E-state index in [-0.39, 0.29) is 25.1 Å². The van der Waals surface area contributed by atoms with E-state index in [1.165, 1.54) is 24.3 Å². The molecule has 0 aliphatic carbocycles. The molecule has 0 saturated carbocycles. The summed E-state index contributed by atoms with van der Waals surface area (Å²) in [5.74, 6) is -2.76. The largest absolute Gasteiger partial charge is 0.459 e. The Hall–Kier alpha value is -5.79. The van der Waals surface area contributed by atoms with Crippen LogP contribution >= 0.6 is 0 Å². The zero-order valence-corrected chi connectivity index (χ0v) is 26.9. The van der Waals surface area contributed by atoms with Crippen LogP contribution in [0.15, 0.2) is 84.9 Å². The Balaban J connectivity index is 1.68. The van der Waals surface area contributed by atoms with Crippen LogP contribution < -0.4 is 21.3 Å². The highest BCUT2D eigenvalue weighted by atomic mass is 16.6. The van der Waals surface area contributed by atoms with Crippen molar-refractivity contribution in [2.24, 2.45) is 0 Å². The number of amides is 4. The number of benzene rings is 3. The van der Waals surface area contributed by atoms with Gasteiger partial charge in [-0.1, -0.05) is 60.7 Å². The van der Waals surface area contributed by atoms with Crippen LogP contribution in [0.5, 0.6) is 0 Å². The van der Waals surface area contributed by atoms with E-state index in [1.54, 1.807) is 75.4 Å². The van der Waals surface area contributed by atoms with Gasteiger partial charge in [-0.25, -0.2) is 9.59 Å². The summed E-state index contributed by atoms with van der Waals surface area (Å²) in [6.07, 6.45) is -0.640. The molecule has 3 rings (SSSR count). The third-order valence-corrected chi connectivity index (χ3v) is 6.58. The maximum atomic E-state index is 13.6. The summed E-state index contributed by atoms with van der Waals surface area (Å²) in [6, 6.07) is 21.1. The van der Waals surface area contributed by atoms with Crippen LogP contribution in [0.25, 0.3) is 0 Å². The zero-order chi connectivity index (χ0) is 35.1. The predicted octanol–water partition coefficient (Wildman–Crippen LogP) is 2.73. The summed E-state index contributed by atoms with van der Waals surface area (Å²) < 4.78 is 10.6. The molecule has 3 aromatic carbocycles. The number of alkyl carbamates (subject to hydrolysis) is 1. The molecule has 0 unspecified atom stereocenters. The molecular weight excluding hydrogens is 622 g/mol. The first-order chi connectivity index (χ1) is 22.8. The van der Waals surface area contributed by atoms with Gasteiger partial charge in [0.1, 0.15) is 30.8 Å². The lowest BCUT2D eigenvalue weighted by molar-refractivity contribution is -0.384. The van der Waals surface area contributed by atoms with Crippen LogP contribution in [-0.2, 0) is 48.1 Å². The van der Waals surface area contributed by atoms with Crippen molar-refractivity contribution < 1.29 is 38.4 Å². The molecule has 0 heterocycles. The van der Waals surface area contributed by atoms with E-state index < -0.39 is 65.5 Å². The maximum absolute atomic E-state index is 13.6. The van der Waals surface area contributed by atoms with Crippen LogP contribution in [0.1, 0.15) is 37.5 Å². The Morgan fingerprint density at radius 1 is 0.708 bits per heavy atom. The average Bonchev–Trinajstić information content (AvgIpc) is 3.05. The van der Waals surface area contributed by atoms with E-state index in [2.05, 4.69) is 21.3 Å². The minimum Gasteiger partial charge on any atom is -0.459 e. The van der Waals surface area contributed by atoms with E-state index in [4.69, 9.17) is 9.47 Å². The zero-order valence-electron chi connectivity index (χ0n) is 26.9. The number of hydrogen-bond acceptors (Lipinski definition) is 9. The molecule has 14 heteroatoms. The Labute approximate surface area is 277 Å². The lowest BCUT2D eigenvalue weighted by Gasteiger charge is -2.23. The number of nitrogens with one attached hydrogen (secondary N) is 4. The molecule has 0 bridgehead atoms. The van der Waals surface area contributed by atoms with Crippen molar-refractivity contribution in [3.8, 4) is 0 Å². The highest BCUT2D eigenvalue weighted by Gasteiger charge is 2.28. The molecule has 0 fully saturated rings. The van der Waals surface area contributed by atoms with Crippen LogP contribution in [-0.4, -0.2) is 65.5 Å². The van der Waals surface area contributed by atoms with Gasteiger partial charge in [0.05, 0.1) is 11.5 Å². The van der Waals surface area contributed by atoms with Gasteiger partial charge in [-0.2, -0.15) is 0 Å². The summed E-state index contributed by atoms with van der Waals surface area (Å²) in [6.45, 7) is 3.91. The van der Waals surface area contributed by atoms with Gasteiger partial charge in [0.15, 0.2) is 0 Å². The number of carbonyl (C=O) groups is 5. The number of carbonyl (C=O) groups excluding carboxylic acids is 5. The second-order valence-corrected chi connectivity index (χ2v) is 11.7. The predicted molar refractivity (Wildman–Crippen MR) is 174 cm³/mol. The number of nitrogens with zero attached hydrogens (tertiary/aromatic N) is 1. The average molecular weight is 662 g/mol. The van der Waals surface area contributed by atoms with Gasteiger partial charge in [0, 0.05) is 25.0 Å². The molecule has 3 aromatic rings. The molecule has 0 aliphatic heterocycles. The van der Waals surface area contributed by atoms with Crippen molar-refractivity contribution in [1.82, 2.24) is 21.3 Å². The van der Waals surface area contributed by atoms with E-state index >= 15 is 0 Å². The molecule has 254 valence electrons. The molecule has 4 amide bonds. The first kappa shape index (κ1) is 36.7. The van der Waals surface area contributed by atoms with Gasteiger partial charge in [-0.15, -0.1) is 0 Å². The summed E-state index contributed by atoms with van der Waals surface area (Å²) in [5.41, 5.74) is 1.11. The fourth-order valence-electron chi connectivity index (χ4n) is 4.30. The Kier molecular flexibility index (Phi) is 13.6. The van der Waals surface area contributed by atoms with Gasteiger partial charge in [-0.3, -0.25) is 24.5 Å². The number of esters is 1. The molecule has 0 radical (unpaired) electrons. The number of nitro benzene ring substituents is 1. The fourth-order valence-corrected chi connectivity index (χ4v) is 4.30. The lowest BCUT2D eigenvalue weighted by Crippen LogP contribution is -2.54. The second-order valence-electron chi connectivity index (χ2n) is 11.7. The normalized spacial score (nSPS) is 12.1. The molecule has 14 nitrogen and oxygen atoms in total. The van der Waals surface area contributed by atoms with Crippen LogP contribution in [0.3, 0.4) is 0 Å². The monoisotopic (exact) mass is 661 g/mol. The molecule has 0 spiro atoms. The first-order valence-corrected chi connectivity index (χ1v) is 15.1. The number of nitro groups is 1. The maximum Gasteiger partial charge on any atom is 0.408 e. The van der Waals surface area contributed by atoms with Gasteiger partial charge >= 0.3 is 12.1 Å². The van der Waals surface area contributed by atoms with E-state index in [1.807, 2.05) is 6.07 Å². The summed E-state index contributed by atoms with van der Waals surface area (Å²) in [4.78, 5) is 74.2. The van der Waals surface area contributed by atoms with E-state index in [9.17, 15) is 34.1 Å². The number of non-ortho nitro benzene ring substituents is 1. The smallest absolute Gasteiger partial charge is 0.408 e. The van der Waals surface area contributed by atoms with Crippen molar-refractivity contribution in [1.29, 1.82) is 0 Å². The highest BCUT2D eigenvalue weighted by Crippen LogP contribution is 2.14. The minimum absolute atomic E-state index is 0.0719. The van der Waals surface area contributed by atoms with E-state index in [0.717, 1.165) is 11.1 Å². The lowest BCUT2D eigenvalue weighted by atomic mass is 10.0. The second kappa shape index (κ2) is 17.8. The summed E-state index contributed by atoms with van der Waals surface area (Å²) >= 11 is 0. The fraction of sp³-hybridized carbons (Fsp3) is 0.324. The SMILES string of the molecule is CC(C)(C)OC(=O)NCC(=O)NCC(=O)N[C@H](Cc1ccccc1)C(=O)N[C@H](Cc1ccccc1)C(=O)OCc1ccc([N+](=O)[O-])cc1. The van der Waals surface area contributed by atoms with Crippen LogP contribution in [0.2, 0.25) is 0 Å². The van der Waals surface area contributed by atoms with Crippen molar-refractivity contribution >= 4 is 35.5 Å². The quantitative estimate of drug-likeness (QED) is 0.108. The summed E-state index contributed by atoms with van der Waals surface area (Å²) in [5, 5.41) is 20.9. The molecule has 0 saturated heterocycles. The topological polar surface area (TPSA) is 195 Å². The molecule has 0 aliphatic rings. The molecule has 0 aromatic heterocycles. The van der Waals surface area contributed by atoms with Gasteiger partial charge in [0.2, 0.25) is 17.7 Å². The Morgan fingerprint density at radius 2 is 1.25 bits per heavy atom. The number of hydrogen-bond donors (Lipinski definition) is 4. The van der Waals surface area contributed by atoms with Gasteiger partial charge in [0.25, 0.3) is 5.69 Å².